The maximum Gasteiger partial charge on any atom is 0.338 e. The molecule has 1 saturated heterocycles. The molecule has 1 aliphatic heterocycles. The Labute approximate surface area is 283 Å². The Bertz CT molecular complexity index is 1520. The Morgan fingerprint density at radius 1 is 0.766 bits per heavy atom. The lowest BCUT2D eigenvalue weighted by molar-refractivity contribution is -0.207. The molecule has 248 valence electrons. The minimum atomic E-state index is -1.18. The SMILES string of the molecule is CSC1O[C@H]([C@H](N[SiH2]C(C)(C)C)[C@H]2C=CCC2)C(OC(=O)c2ccccc2)C(OC(=O)c2ccccc2)[C@H]1OC(=O)c1ccccc1. The molecule has 3 aromatic carbocycles. The Morgan fingerprint density at radius 2 is 1.23 bits per heavy atom. The first-order valence-electron chi connectivity index (χ1n) is 16.0. The van der Waals surface area contributed by atoms with Gasteiger partial charge in [-0.25, -0.2) is 14.4 Å². The van der Waals surface area contributed by atoms with Crippen molar-refractivity contribution in [1.29, 1.82) is 0 Å². The first-order valence-corrected chi connectivity index (χ1v) is 18.7. The smallest absolute Gasteiger partial charge is 0.338 e. The van der Waals surface area contributed by atoms with Crippen LogP contribution in [-0.4, -0.2) is 69.7 Å². The Kier molecular flexibility index (Phi) is 11.7. The van der Waals surface area contributed by atoms with E-state index in [0.717, 1.165) is 12.8 Å². The molecular formula is C37H43NO7SSi. The fraction of sp³-hybridized carbons (Fsp3) is 0.378. The van der Waals surface area contributed by atoms with Crippen LogP contribution in [0.4, 0.5) is 0 Å². The number of carbonyl (C=O) groups excluding carboxylic acids is 3. The van der Waals surface area contributed by atoms with Crippen molar-refractivity contribution in [3.05, 3.63) is 120 Å². The molecule has 0 bridgehead atoms. The molecule has 0 saturated carbocycles. The fourth-order valence-electron chi connectivity index (χ4n) is 5.90. The summed E-state index contributed by atoms with van der Waals surface area (Å²) in [7, 11) is -0.851. The maximum atomic E-state index is 13.8. The van der Waals surface area contributed by atoms with Crippen LogP contribution in [0.1, 0.15) is 64.7 Å². The number of benzene rings is 3. The van der Waals surface area contributed by atoms with Crippen LogP contribution in [0.15, 0.2) is 103 Å². The first kappa shape index (κ1) is 34.6. The van der Waals surface area contributed by atoms with Crippen molar-refractivity contribution in [3.63, 3.8) is 0 Å². The monoisotopic (exact) mass is 673 g/mol. The molecule has 10 heteroatoms. The molecule has 0 amide bonds. The van der Waals surface area contributed by atoms with E-state index < -0.39 is 57.4 Å². The van der Waals surface area contributed by atoms with Crippen molar-refractivity contribution in [2.75, 3.05) is 6.26 Å². The van der Waals surface area contributed by atoms with E-state index in [1.54, 1.807) is 72.8 Å². The van der Waals surface area contributed by atoms with Gasteiger partial charge in [0, 0.05) is 6.04 Å². The van der Waals surface area contributed by atoms with Crippen LogP contribution < -0.4 is 4.98 Å². The number of carbonyl (C=O) groups is 3. The van der Waals surface area contributed by atoms with Gasteiger partial charge in [-0.05, 0) is 66.5 Å². The predicted octanol–water partition coefficient (Wildman–Crippen LogP) is 5.98. The number of allylic oxidation sites excluding steroid dienone is 1. The Hall–Kier alpha value is -3.70. The van der Waals surface area contributed by atoms with Crippen molar-refractivity contribution < 1.29 is 33.3 Å². The van der Waals surface area contributed by atoms with Crippen molar-refractivity contribution in [3.8, 4) is 0 Å². The van der Waals surface area contributed by atoms with Gasteiger partial charge in [-0.2, -0.15) is 0 Å². The highest BCUT2D eigenvalue weighted by atomic mass is 32.2. The second-order valence-corrected chi connectivity index (χ2v) is 16.9. The fourth-order valence-corrected chi connectivity index (χ4v) is 8.00. The van der Waals surface area contributed by atoms with Crippen LogP contribution >= 0.6 is 11.8 Å². The summed E-state index contributed by atoms with van der Waals surface area (Å²) < 4.78 is 25.6. The van der Waals surface area contributed by atoms with Gasteiger partial charge >= 0.3 is 17.9 Å². The lowest BCUT2D eigenvalue weighted by Gasteiger charge is -2.48. The van der Waals surface area contributed by atoms with Crippen LogP contribution in [0.25, 0.3) is 0 Å². The molecule has 5 rings (SSSR count). The van der Waals surface area contributed by atoms with Crippen LogP contribution in [0.3, 0.4) is 0 Å². The van der Waals surface area contributed by atoms with Gasteiger partial charge in [0.1, 0.15) is 11.5 Å². The molecular weight excluding hydrogens is 631 g/mol. The predicted molar refractivity (Wildman–Crippen MR) is 186 cm³/mol. The van der Waals surface area contributed by atoms with Gasteiger partial charge in [-0.3, -0.25) is 0 Å². The summed E-state index contributed by atoms with van der Waals surface area (Å²) in [5, 5.41) is 0.0806. The van der Waals surface area contributed by atoms with Gasteiger partial charge in [0.2, 0.25) is 0 Å². The van der Waals surface area contributed by atoms with E-state index in [0.29, 0.717) is 16.7 Å². The van der Waals surface area contributed by atoms with Crippen molar-refractivity contribution in [1.82, 2.24) is 4.98 Å². The Morgan fingerprint density at radius 3 is 1.66 bits per heavy atom. The van der Waals surface area contributed by atoms with E-state index in [9.17, 15) is 14.4 Å². The molecule has 1 fully saturated rings. The standard InChI is InChI=1S/C37H43NO7SSi/c1-37(2,3)47-38-28(24-16-14-15-17-24)29-30(42-33(39)25-18-8-5-9-19-25)31(43-34(40)26-20-10-6-11-21-26)32(36(45-29)46-4)44-35(41)27-22-12-7-13-23-27/h5-14,16,18-24,28-32,36,38H,15,17,47H2,1-4H3/t24-,28+,29+,30?,31?,32+,36?/m0/s1. The van der Waals surface area contributed by atoms with Crippen molar-refractivity contribution in [2.24, 2.45) is 5.92 Å². The van der Waals surface area contributed by atoms with E-state index in [4.69, 9.17) is 18.9 Å². The average molecular weight is 674 g/mol. The maximum absolute atomic E-state index is 13.8. The zero-order valence-corrected chi connectivity index (χ0v) is 29.5. The normalized spacial score (nSPS) is 24.9. The van der Waals surface area contributed by atoms with Crippen molar-refractivity contribution in [2.45, 2.75) is 74.5 Å². The molecule has 1 aliphatic carbocycles. The van der Waals surface area contributed by atoms with Crippen LogP contribution in [0, 0.1) is 5.92 Å². The molecule has 3 aromatic rings. The summed E-state index contributed by atoms with van der Waals surface area (Å²) in [6, 6.07) is 25.7. The molecule has 2 aliphatic rings. The number of thioether (sulfide) groups is 1. The van der Waals surface area contributed by atoms with Crippen LogP contribution in [-0.2, 0) is 18.9 Å². The number of rotatable bonds is 11. The van der Waals surface area contributed by atoms with Crippen LogP contribution in [0.2, 0.25) is 5.04 Å². The molecule has 47 heavy (non-hydrogen) atoms. The third-order valence-electron chi connectivity index (χ3n) is 8.25. The molecule has 7 atom stereocenters. The quantitative estimate of drug-likeness (QED) is 0.114. The molecule has 3 unspecified atom stereocenters. The summed E-state index contributed by atoms with van der Waals surface area (Å²) in [6.45, 7) is 6.61. The van der Waals surface area contributed by atoms with Crippen molar-refractivity contribution >= 4 is 39.4 Å². The topological polar surface area (TPSA) is 100 Å². The lowest BCUT2D eigenvalue weighted by atomic mass is 9.87. The largest absolute Gasteiger partial charge is 0.452 e. The second-order valence-electron chi connectivity index (χ2n) is 13.0. The zero-order chi connectivity index (χ0) is 33.4. The summed E-state index contributed by atoms with van der Waals surface area (Å²) in [6.07, 6.45) is 3.95. The minimum Gasteiger partial charge on any atom is -0.452 e. The molecule has 8 nitrogen and oxygen atoms in total. The van der Waals surface area contributed by atoms with E-state index in [2.05, 4.69) is 37.9 Å². The number of esters is 3. The van der Waals surface area contributed by atoms with E-state index in [1.807, 2.05) is 24.5 Å². The summed E-state index contributed by atoms with van der Waals surface area (Å²) in [5.74, 6) is -1.70. The van der Waals surface area contributed by atoms with Gasteiger partial charge in [0.15, 0.2) is 18.3 Å². The average Bonchev–Trinajstić information content (AvgIpc) is 3.62. The highest BCUT2D eigenvalue weighted by Gasteiger charge is 2.55. The number of hydrogen-bond acceptors (Lipinski definition) is 9. The van der Waals surface area contributed by atoms with Gasteiger partial charge in [-0.15, -0.1) is 11.8 Å². The Balaban J connectivity index is 1.59. The third kappa shape index (κ3) is 9.01. The molecule has 0 aromatic heterocycles. The molecule has 1 N–H and O–H groups in total. The third-order valence-corrected chi connectivity index (χ3v) is 10.8. The minimum absolute atomic E-state index is 0.0806. The van der Waals surface area contributed by atoms with Gasteiger partial charge in [0.25, 0.3) is 0 Å². The number of nitrogens with one attached hydrogen (secondary N) is 1. The summed E-state index contributed by atoms with van der Waals surface area (Å²) in [5.41, 5.74) is 0.288. The van der Waals surface area contributed by atoms with E-state index in [-0.39, 0.29) is 17.0 Å². The van der Waals surface area contributed by atoms with Crippen LogP contribution in [0.5, 0.6) is 0 Å². The van der Waals surface area contributed by atoms with Gasteiger partial charge in [-0.1, -0.05) is 87.5 Å². The summed E-state index contributed by atoms with van der Waals surface area (Å²) >= 11 is 1.36. The summed E-state index contributed by atoms with van der Waals surface area (Å²) in [4.78, 5) is 44.9. The van der Waals surface area contributed by atoms with E-state index >= 15 is 0 Å². The van der Waals surface area contributed by atoms with Gasteiger partial charge < -0.3 is 23.9 Å². The zero-order valence-electron chi connectivity index (χ0n) is 27.2. The number of hydrogen-bond donors (Lipinski definition) is 1. The number of ether oxygens (including phenoxy) is 4. The van der Waals surface area contributed by atoms with Gasteiger partial charge in [0.05, 0.1) is 26.4 Å². The first-order chi connectivity index (χ1) is 22.6. The molecule has 0 spiro atoms. The molecule has 1 heterocycles. The molecule has 0 radical (unpaired) electrons. The lowest BCUT2D eigenvalue weighted by Crippen LogP contribution is -2.66. The highest BCUT2D eigenvalue weighted by molar-refractivity contribution is 7.99. The van der Waals surface area contributed by atoms with E-state index in [1.165, 1.54) is 11.8 Å². The highest BCUT2D eigenvalue weighted by Crippen LogP contribution is 2.38. The second kappa shape index (κ2) is 15.9.